The van der Waals surface area contributed by atoms with Gasteiger partial charge in [0.15, 0.2) is 0 Å². The second kappa shape index (κ2) is 5.54. The molecule has 0 aliphatic carbocycles. The van der Waals surface area contributed by atoms with Gasteiger partial charge in [0, 0.05) is 29.2 Å². The highest BCUT2D eigenvalue weighted by molar-refractivity contribution is 9.10. The lowest BCUT2D eigenvalue weighted by atomic mass is 10.1. The first-order valence-corrected chi connectivity index (χ1v) is 6.74. The molecule has 1 unspecified atom stereocenters. The molecular formula is C13H17BrN2O. The second-order valence-corrected chi connectivity index (χ2v) is 5.27. The van der Waals surface area contributed by atoms with Crippen LogP contribution < -0.4 is 10.6 Å². The predicted molar refractivity (Wildman–Crippen MR) is 73.2 cm³/mol. The van der Waals surface area contributed by atoms with E-state index in [0.29, 0.717) is 6.42 Å². The second-order valence-electron chi connectivity index (χ2n) is 4.47. The lowest BCUT2D eigenvalue weighted by molar-refractivity contribution is -0.120. The SMILES string of the molecule is Cc1cccc(NC2CCCNC(=O)C2)c1Br. The van der Waals surface area contributed by atoms with Gasteiger partial charge in [0.2, 0.25) is 5.91 Å². The van der Waals surface area contributed by atoms with Crippen LogP contribution in [0.3, 0.4) is 0 Å². The summed E-state index contributed by atoms with van der Waals surface area (Å²) in [5.41, 5.74) is 2.28. The molecule has 0 bridgehead atoms. The Labute approximate surface area is 110 Å². The summed E-state index contributed by atoms with van der Waals surface area (Å²) >= 11 is 3.58. The lowest BCUT2D eigenvalue weighted by Crippen LogP contribution is -2.26. The van der Waals surface area contributed by atoms with Crippen molar-refractivity contribution in [3.63, 3.8) is 0 Å². The van der Waals surface area contributed by atoms with Crippen LogP contribution in [0.25, 0.3) is 0 Å². The van der Waals surface area contributed by atoms with Crippen LogP contribution in [-0.4, -0.2) is 18.5 Å². The van der Waals surface area contributed by atoms with E-state index in [1.165, 1.54) is 5.56 Å². The van der Waals surface area contributed by atoms with Crippen molar-refractivity contribution in [2.45, 2.75) is 32.2 Å². The number of hydrogen-bond donors (Lipinski definition) is 2. The van der Waals surface area contributed by atoms with Gasteiger partial charge in [-0.3, -0.25) is 4.79 Å². The van der Waals surface area contributed by atoms with Crippen LogP contribution in [0.2, 0.25) is 0 Å². The highest BCUT2D eigenvalue weighted by atomic mass is 79.9. The van der Waals surface area contributed by atoms with Gasteiger partial charge < -0.3 is 10.6 Å². The van der Waals surface area contributed by atoms with Crippen LogP contribution in [0.4, 0.5) is 5.69 Å². The molecule has 1 amide bonds. The largest absolute Gasteiger partial charge is 0.381 e. The maximum absolute atomic E-state index is 11.5. The summed E-state index contributed by atoms with van der Waals surface area (Å²) in [6, 6.07) is 6.37. The lowest BCUT2D eigenvalue weighted by Gasteiger charge is -2.18. The Bertz CT molecular complexity index is 420. The molecule has 92 valence electrons. The molecule has 1 aromatic carbocycles. The van der Waals surface area contributed by atoms with Crippen LogP contribution in [0, 0.1) is 6.92 Å². The van der Waals surface area contributed by atoms with Gasteiger partial charge in [-0.2, -0.15) is 0 Å². The third kappa shape index (κ3) is 3.22. The number of benzene rings is 1. The maximum atomic E-state index is 11.5. The summed E-state index contributed by atoms with van der Waals surface area (Å²) in [5, 5.41) is 6.35. The van der Waals surface area contributed by atoms with E-state index in [9.17, 15) is 4.79 Å². The molecule has 1 saturated heterocycles. The fourth-order valence-corrected chi connectivity index (χ4v) is 2.46. The summed E-state index contributed by atoms with van der Waals surface area (Å²) in [5.74, 6) is 0.142. The molecule has 0 spiro atoms. The first-order valence-electron chi connectivity index (χ1n) is 5.95. The van der Waals surface area contributed by atoms with Gasteiger partial charge in [0.1, 0.15) is 0 Å². The van der Waals surface area contributed by atoms with Crippen molar-refractivity contribution in [2.75, 3.05) is 11.9 Å². The highest BCUT2D eigenvalue weighted by Gasteiger charge is 2.17. The van der Waals surface area contributed by atoms with Crippen molar-refractivity contribution >= 4 is 27.5 Å². The molecule has 2 rings (SSSR count). The zero-order valence-electron chi connectivity index (χ0n) is 9.92. The molecular weight excluding hydrogens is 280 g/mol. The van der Waals surface area contributed by atoms with Crippen molar-refractivity contribution in [1.82, 2.24) is 5.32 Å². The van der Waals surface area contributed by atoms with Crippen molar-refractivity contribution in [2.24, 2.45) is 0 Å². The maximum Gasteiger partial charge on any atom is 0.222 e. The number of halogens is 1. The number of hydrogen-bond acceptors (Lipinski definition) is 2. The third-order valence-corrected chi connectivity index (χ3v) is 4.09. The van der Waals surface area contributed by atoms with Gasteiger partial charge in [0.25, 0.3) is 0 Å². The van der Waals surface area contributed by atoms with E-state index in [0.717, 1.165) is 29.5 Å². The van der Waals surface area contributed by atoms with Crippen LogP contribution in [0.1, 0.15) is 24.8 Å². The summed E-state index contributed by atoms with van der Waals surface area (Å²) in [6.07, 6.45) is 2.62. The van der Waals surface area contributed by atoms with Gasteiger partial charge in [-0.25, -0.2) is 0 Å². The number of amides is 1. The molecule has 1 atom stereocenters. The zero-order chi connectivity index (χ0) is 12.3. The topological polar surface area (TPSA) is 41.1 Å². The van der Waals surface area contributed by atoms with E-state index in [1.54, 1.807) is 0 Å². The van der Waals surface area contributed by atoms with Gasteiger partial charge in [-0.1, -0.05) is 12.1 Å². The Hall–Kier alpha value is -1.03. The van der Waals surface area contributed by atoms with Crippen molar-refractivity contribution in [3.05, 3.63) is 28.2 Å². The van der Waals surface area contributed by atoms with Gasteiger partial charge in [-0.15, -0.1) is 0 Å². The highest BCUT2D eigenvalue weighted by Crippen LogP contribution is 2.27. The molecule has 1 aliphatic heterocycles. The third-order valence-electron chi connectivity index (χ3n) is 3.03. The molecule has 4 heteroatoms. The number of carbonyl (C=O) groups excluding carboxylic acids is 1. The van der Waals surface area contributed by atoms with Crippen molar-refractivity contribution < 1.29 is 4.79 Å². The minimum atomic E-state index is 0.142. The Balaban J connectivity index is 2.09. The van der Waals surface area contributed by atoms with E-state index in [1.807, 2.05) is 12.1 Å². The van der Waals surface area contributed by atoms with Crippen LogP contribution in [-0.2, 0) is 4.79 Å². The normalized spacial score (nSPS) is 20.6. The molecule has 17 heavy (non-hydrogen) atoms. The quantitative estimate of drug-likeness (QED) is 0.881. The molecule has 1 aromatic rings. The minimum absolute atomic E-state index is 0.142. The van der Waals surface area contributed by atoms with E-state index in [-0.39, 0.29) is 11.9 Å². The van der Waals surface area contributed by atoms with E-state index in [2.05, 4.69) is 39.6 Å². The fourth-order valence-electron chi connectivity index (χ4n) is 2.08. The Morgan fingerprint density at radius 3 is 3.12 bits per heavy atom. The first-order chi connectivity index (χ1) is 8.16. The molecule has 1 fully saturated rings. The summed E-state index contributed by atoms with van der Waals surface area (Å²) in [4.78, 5) is 11.5. The number of rotatable bonds is 2. The summed E-state index contributed by atoms with van der Waals surface area (Å²) in [6.45, 7) is 2.86. The molecule has 1 heterocycles. The van der Waals surface area contributed by atoms with Crippen molar-refractivity contribution in [1.29, 1.82) is 0 Å². The molecule has 1 aliphatic rings. The molecule has 3 nitrogen and oxygen atoms in total. The van der Waals surface area contributed by atoms with E-state index >= 15 is 0 Å². The minimum Gasteiger partial charge on any atom is -0.381 e. The average Bonchev–Trinajstić information content (AvgIpc) is 2.49. The van der Waals surface area contributed by atoms with Crippen LogP contribution in [0.15, 0.2) is 22.7 Å². The first kappa shape index (κ1) is 12.4. The molecule has 0 aromatic heterocycles. The smallest absolute Gasteiger partial charge is 0.222 e. The number of anilines is 1. The Morgan fingerprint density at radius 1 is 1.47 bits per heavy atom. The molecule has 0 saturated carbocycles. The Morgan fingerprint density at radius 2 is 2.29 bits per heavy atom. The van der Waals surface area contributed by atoms with Gasteiger partial charge in [-0.05, 0) is 47.3 Å². The monoisotopic (exact) mass is 296 g/mol. The predicted octanol–water partition coefficient (Wildman–Crippen LogP) is 2.84. The van der Waals surface area contributed by atoms with Gasteiger partial charge in [0.05, 0.1) is 0 Å². The number of carbonyl (C=O) groups is 1. The number of nitrogens with one attached hydrogen (secondary N) is 2. The van der Waals surface area contributed by atoms with Crippen LogP contribution >= 0.6 is 15.9 Å². The van der Waals surface area contributed by atoms with Crippen molar-refractivity contribution in [3.8, 4) is 0 Å². The molecule has 0 radical (unpaired) electrons. The fraction of sp³-hybridized carbons (Fsp3) is 0.462. The number of aryl methyl sites for hydroxylation is 1. The van der Waals surface area contributed by atoms with E-state index < -0.39 is 0 Å². The summed E-state index contributed by atoms with van der Waals surface area (Å²) in [7, 11) is 0. The van der Waals surface area contributed by atoms with E-state index in [4.69, 9.17) is 0 Å². The van der Waals surface area contributed by atoms with Gasteiger partial charge >= 0.3 is 0 Å². The Kier molecular flexibility index (Phi) is 4.05. The molecule has 2 N–H and O–H groups in total. The summed E-state index contributed by atoms with van der Waals surface area (Å²) < 4.78 is 1.09. The van der Waals surface area contributed by atoms with Crippen LogP contribution in [0.5, 0.6) is 0 Å². The zero-order valence-corrected chi connectivity index (χ0v) is 11.5. The average molecular weight is 297 g/mol. The standard InChI is InChI=1S/C13H17BrN2O/c1-9-4-2-6-11(13(9)14)16-10-5-3-7-15-12(17)8-10/h2,4,6,10,16H,3,5,7-8H2,1H3,(H,15,17).